The van der Waals surface area contributed by atoms with E-state index in [0.29, 0.717) is 12.5 Å². The molecule has 1 fully saturated rings. The van der Waals surface area contributed by atoms with E-state index in [1.807, 2.05) is 0 Å². The van der Waals surface area contributed by atoms with Crippen LogP contribution in [0.3, 0.4) is 0 Å². The third-order valence-electron chi connectivity index (χ3n) is 2.01. The largest absolute Gasteiger partial charge is 0.477 e. The number of aliphatic carboxylic acids is 1. The lowest BCUT2D eigenvalue weighted by atomic mass is 10.0. The minimum Gasteiger partial charge on any atom is -0.477 e. The van der Waals surface area contributed by atoms with Crippen LogP contribution in [0.1, 0.15) is 0 Å². The molecule has 5 heteroatoms. The Morgan fingerprint density at radius 1 is 1.75 bits per heavy atom. The molecule has 0 bridgehead atoms. The molecule has 1 unspecified atom stereocenters. The van der Waals surface area contributed by atoms with Gasteiger partial charge < -0.3 is 10.5 Å². The second kappa shape index (κ2) is 2.60. The number of nitrogens with zero attached hydrogens (tertiary/aromatic N) is 1. The van der Waals surface area contributed by atoms with Crippen LogP contribution < -0.4 is 10.9 Å². The van der Waals surface area contributed by atoms with Crippen LogP contribution >= 0.6 is 0 Å². The molecular formula is C7H9N3O2. The van der Waals surface area contributed by atoms with Crippen LogP contribution in [0, 0.1) is 5.92 Å². The zero-order chi connectivity index (χ0) is 8.55. The van der Waals surface area contributed by atoms with E-state index in [4.69, 9.17) is 5.11 Å². The first-order valence-corrected chi connectivity index (χ1v) is 3.75. The Kier molecular flexibility index (Phi) is 1.58. The number of carbonyl (C=O) groups is 1. The van der Waals surface area contributed by atoms with E-state index in [1.165, 1.54) is 0 Å². The van der Waals surface area contributed by atoms with E-state index in [1.54, 1.807) is 6.08 Å². The van der Waals surface area contributed by atoms with Crippen LogP contribution in [0.5, 0.6) is 0 Å². The van der Waals surface area contributed by atoms with E-state index < -0.39 is 5.97 Å². The average molecular weight is 167 g/mol. The summed E-state index contributed by atoms with van der Waals surface area (Å²) in [7, 11) is 0. The van der Waals surface area contributed by atoms with Gasteiger partial charge in [0.05, 0.1) is 0 Å². The zero-order valence-corrected chi connectivity index (χ0v) is 6.37. The van der Waals surface area contributed by atoms with Gasteiger partial charge in [0.1, 0.15) is 5.71 Å². The Labute approximate surface area is 69.1 Å². The maximum absolute atomic E-state index is 10.5. The Balaban J connectivity index is 2.22. The minimum absolute atomic E-state index is 0.137. The predicted octanol–water partition coefficient (Wildman–Crippen LogP) is -0.866. The molecule has 12 heavy (non-hydrogen) atoms. The number of hydrogen-bond donors (Lipinski definition) is 3. The van der Waals surface area contributed by atoms with Crippen molar-refractivity contribution in [3.05, 3.63) is 11.8 Å². The number of hydrazine groups is 1. The first-order chi connectivity index (χ1) is 5.77. The van der Waals surface area contributed by atoms with Gasteiger partial charge in [0.2, 0.25) is 0 Å². The highest BCUT2D eigenvalue weighted by Gasteiger charge is 2.25. The lowest BCUT2D eigenvalue weighted by Crippen LogP contribution is -2.23. The summed E-state index contributed by atoms with van der Waals surface area (Å²) in [6.07, 6.45) is 1.58. The molecule has 0 aromatic carbocycles. The van der Waals surface area contributed by atoms with E-state index in [0.717, 1.165) is 12.2 Å². The topological polar surface area (TPSA) is 73.7 Å². The van der Waals surface area contributed by atoms with Crippen molar-refractivity contribution in [2.24, 2.45) is 10.9 Å². The third-order valence-corrected chi connectivity index (χ3v) is 2.01. The summed E-state index contributed by atoms with van der Waals surface area (Å²) in [5.74, 6) is -0.636. The summed E-state index contributed by atoms with van der Waals surface area (Å²) in [6.45, 7) is 1.38. The minimum atomic E-state index is -0.963. The van der Waals surface area contributed by atoms with Crippen molar-refractivity contribution in [3.63, 3.8) is 0 Å². The predicted molar refractivity (Wildman–Crippen MR) is 42.6 cm³/mol. The fourth-order valence-corrected chi connectivity index (χ4v) is 1.34. The van der Waals surface area contributed by atoms with Crippen molar-refractivity contribution in [3.8, 4) is 0 Å². The summed E-state index contributed by atoms with van der Waals surface area (Å²) in [6, 6.07) is 0. The van der Waals surface area contributed by atoms with Crippen LogP contribution in [0.4, 0.5) is 0 Å². The number of carboxylic acid groups (broad SMARTS) is 1. The van der Waals surface area contributed by atoms with Gasteiger partial charge in [-0.15, -0.1) is 0 Å². The van der Waals surface area contributed by atoms with Crippen LogP contribution in [0.25, 0.3) is 0 Å². The number of rotatable bonds is 1. The van der Waals surface area contributed by atoms with Gasteiger partial charge in [-0.1, -0.05) is 0 Å². The molecule has 1 saturated heterocycles. The van der Waals surface area contributed by atoms with E-state index in [9.17, 15) is 4.79 Å². The molecule has 5 nitrogen and oxygen atoms in total. The smallest absolute Gasteiger partial charge is 0.354 e. The first kappa shape index (κ1) is 7.30. The number of nitrogens with one attached hydrogen (secondary N) is 2. The molecular weight excluding hydrogens is 158 g/mol. The number of carboxylic acids is 1. The molecule has 2 rings (SSSR count). The summed E-state index contributed by atoms with van der Waals surface area (Å²) in [5, 5.41) is 8.63. The van der Waals surface area contributed by atoms with Gasteiger partial charge in [0, 0.05) is 24.7 Å². The number of dihydropyridines is 1. The van der Waals surface area contributed by atoms with Crippen LogP contribution in [-0.4, -0.2) is 29.9 Å². The second-order valence-corrected chi connectivity index (χ2v) is 2.83. The van der Waals surface area contributed by atoms with Crippen LogP contribution in [0.2, 0.25) is 0 Å². The van der Waals surface area contributed by atoms with Crippen molar-refractivity contribution in [1.29, 1.82) is 0 Å². The van der Waals surface area contributed by atoms with E-state index >= 15 is 0 Å². The highest BCUT2D eigenvalue weighted by atomic mass is 16.4. The van der Waals surface area contributed by atoms with E-state index in [2.05, 4.69) is 15.8 Å². The fourth-order valence-electron chi connectivity index (χ4n) is 1.34. The Bertz CT molecular complexity index is 282. The maximum Gasteiger partial charge on any atom is 0.354 e. The lowest BCUT2D eigenvalue weighted by Gasteiger charge is -2.12. The average Bonchev–Trinajstić information content (AvgIpc) is 2.49. The lowest BCUT2D eigenvalue weighted by molar-refractivity contribution is -0.129. The molecule has 0 aliphatic carbocycles. The summed E-state index contributed by atoms with van der Waals surface area (Å²) >= 11 is 0. The molecule has 0 radical (unpaired) electrons. The Morgan fingerprint density at radius 2 is 2.58 bits per heavy atom. The van der Waals surface area contributed by atoms with Crippen molar-refractivity contribution in [2.75, 3.05) is 13.1 Å². The number of aliphatic imine (C=N–C) groups is 1. The Hall–Kier alpha value is -1.36. The van der Waals surface area contributed by atoms with Crippen molar-refractivity contribution < 1.29 is 9.90 Å². The molecule has 64 valence electrons. The highest BCUT2D eigenvalue weighted by molar-refractivity contribution is 6.40. The Morgan fingerprint density at radius 3 is 3.33 bits per heavy atom. The van der Waals surface area contributed by atoms with Gasteiger partial charge >= 0.3 is 5.97 Å². The molecule has 0 amide bonds. The fraction of sp³-hybridized carbons (Fsp3) is 0.429. The zero-order valence-electron chi connectivity index (χ0n) is 6.37. The summed E-state index contributed by atoms with van der Waals surface area (Å²) in [4.78, 5) is 14.5. The molecule has 0 spiro atoms. The molecule has 0 aromatic rings. The standard InChI is InChI=1S/C7H9N3O2/c11-7(12)6-1-5-4(2-8-6)3-9-10-5/h1,4,9-10H,2-3H2,(H,11,12). The van der Waals surface area contributed by atoms with Gasteiger partial charge in [-0.2, -0.15) is 0 Å². The molecule has 0 saturated carbocycles. The van der Waals surface area contributed by atoms with Gasteiger partial charge in [-0.3, -0.25) is 4.99 Å². The van der Waals surface area contributed by atoms with Gasteiger partial charge in [-0.05, 0) is 6.08 Å². The first-order valence-electron chi connectivity index (χ1n) is 3.75. The monoisotopic (exact) mass is 167 g/mol. The molecule has 2 aliphatic heterocycles. The van der Waals surface area contributed by atoms with Gasteiger partial charge in [-0.25, -0.2) is 10.2 Å². The molecule has 2 heterocycles. The van der Waals surface area contributed by atoms with Crippen molar-refractivity contribution >= 4 is 11.7 Å². The third kappa shape index (κ3) is 1.08. The van der Waals surface area contributed by atoms with Crippen molar-refractivity contribution in [1.82, 2.24) is 10.9 Å². The quantitative estimate of drug-likeness (QED) is 0.475. The SMILES string of the molecule is O=C(O)C1=NCC2CNNC2=C1. The summed E-state index contributed by atoms with van der Waals surface area (Å²) in [5.41, 5.74) is 6.92. The second-order valence-electron chi connectivity index (χ2n) is 2.83. The normalized spacial score (nSPS) is 26.8. The van der Waals surface area contributed by atoms with Crippen molar-refractivity contribution in [2.45, 2.75) is 0 Å². The molecule has 2 aliphatic rings. The highest BCUT2D eigenvalue weighted by Crippen LogP contribution is 2.16. The van der Waals surface area contributed by atoms with Gasteiger partial charge in [0.25, 0.3) is 0 Å². The molecule has 1 atom stereocenters. The summed E-state index contributed by atoms with van der Waals surface area (Å²) < 4.78 is 0. The number of fused-ring (bicyclic) bond motifs is 1. The number of hydrogen-bond acceptors (Lipinski definition) is 4. The molecule has 3 N–H and O–H groups in total. The van der Waals surface area contributed by atoms with Crippen LogP contribution in [-0.2, 0) is 4.79 Å². The van der Waals surface area contributed by atoms with Crippen LogP contribution in [0.15, 0.2) is 16.8 Å². The maximum atomic E-state index is 10.5. The van der Waals surface area contributed by atoms with Gasteiger partial charge in [0.15, 0.2) is 0 Å². The molecule has 0 aromatic heterocycles. The van der Waals surface area contributed by atoms with E-state index in [-0.39, 0.29) is 5.71 Å².